The van der Waals surface area contributed by atoms with Crippen molar-refractivity contribution in [1.82, 2.24) is 4.98 Å². The van der Waals surface area contributed by atoms with Gasteiger partial charge in [0.05, 0.1) is 5.52 Å². The van der Waals surface area contributed by atoms with E-state index in [-0.39, 0.29) is 0 Å². The Morgan fingerprint density at radius 3 is 2.77 bits per heavy atom. The SMILES string of the molecule is [CH]1CC1c1ccc2ccccc2n1. The van der Waals surface area contributed by atoms with Crippen LogP contribution in [0.25, 0.3) is 10.9 Å². The number of rotatable bonds is 1. The molecule has 1 saturated carbocycles. The van der Waals surface area contributed by atoms with E-state index in [1.807, 2.05) is 12.1 Å². The molecule has 0 aliphatic heterocycles. The van der Waals surface area contributed by atoms with Crippen LogP contribution in [0.4, 0.5) is 0 Å². The Morgan fingerprint density at radius 1 is 1.08 bits per heavy atom. The molecule has 0 spiro atoms. The van der Waals surface area contributed by atoms with E-state index in [0.29, 0.717) is 5.92 Å². The summed E-state index contributed by atoms with van der Waals surface area (Å²) in [4.78, 5) is 4.61. The van der Waals surface area contributed by atoms with Crippen molar-refractivity contribution in [1.29, 1.82) is 0 Å². The van der Waals surface area contributed by atoms with Crippen LogP contribution < -0.4 is 0 Å². The summed E-state index contributed by atoms with van der Waals surface area (Å²) in [5.41, 5.74) is 2.33. The molecule has 1 aromatic carbocycles. The van der Waals surface area contributed by atoms with Gasteiger partial charge < -0.3 is 0 Å². The van der Waals surface area contributed by atoms with Crippen molar-refractivity contribution in [2.45, 2.75) is 12.3 Å². The number of aromatic nitrogens is 1. The number of hydrogen-bond donors (Lipinski definition) is 0. The van der Waals surface area contributed by atoms with Crippen LogP contribution in [0.2, 0.25) is 0 Å². The van der Waals surface area contributed by atoms with Crippen LogP contribution in [0.3, 0.4) is 0 Å². The Kier molecular flexibility index (Phi) is 1.39. The third-order valence-corrected chi connectivity index (χ3v) is 2.47. The molecule has 0 saturated heterocycles. The van der Waals surface area contributed by atoms with Gasteiger partial charge in [0.2, 0.25) is 0 Å². The molecule has 1 atom stereocenters. The molecular formula is C12H10N. The molecule has 0 bridgehead atoms. The maximum atomic E-state index is 4.61. The summed E-state index contributed by atoms with van der Waals surface area (Å²) in [5.74, 6) is 0.629. The summed E-state index contributed by atoms with van der Waals surface area (Å²) >= 11 is 0. The lowest BCUT2D eigenvalue weighted by atomic mass is 10.2. The monoisotopic (exact) mass is 168 g/mol. The number of hydrogen-bond acceptors (Lipinski definition) is 1. The molecular weight excluding hydrogens is 158 g/mol. The average molecular weight is 168 g/mol. The van der Waals surface area contributed by atoms with Crippen LogP contribution in [0, 0.1) is 6.42 Å². The third-order valence-electron chi connectivity index (χ3n) is 2.47. The molecule has 1 aliphatic rings. The fourth-order valence-corrected chi connectivity index (χ4v) is 1.60. The molecule has 1 unspecified atom stereocenters. The highest BCUT2D eigenvalue weighted by molar-refractivity contribution is 5.78. The summed E-state index contributed by atoms with van der Waals surface area (Å²) in [6, 6.07) is 12.5. The zero-order chi connectivity index (χ0) is 8.67. The van der Waals surface area contributed by atoms with Crippen molar-refractivity contribution in [3.63, 3.8) is 0 Å². The predicted octanol–water partition coefficient (Wildman–Crippen LogP) is 2.93. The maximum absolute atomic E-state index is 4.61. The van der Waals surface area contributed by atoms with Crippen LogP contribution in [-0.2, 0) is 0 Å². The zero-order valence-electron chi connectivity index (χ0n) is 7.27. The van der Waals surface area contributed by atoms with Crippen LogP contribution in [0.1, 0.15) is 18.0 Å². The molecule has 0 amide bonds. The smallest absolute Gasteiger partial charge is 0.0705 e. The minimum atomic E-state index is 0.629. The molecule has 3 rings (SSSR count). The first-order valence-electron chi connectivity index (χ1n) is 4.62. The average Bonchev–Trinajstić information content (AvgIpc) is 3.00. The topological polar surface area (TPSA) is 12.9 Å². The molecule has 13 heavy (non-hydrogen) atoms. The Balaban J connectivity index is 2.21. The van der Waals surface area contributed by atoms with Gasteiger partial charge in [0.25, 0.3) is 0 Å². The van der Waals surface area contributed by atoms with E-state index in [4.69, 9.17) is 0 Å². The van der Waals surface area contributed by atoms with Gasteiger partial charge in [-0.1, -0.05) is 24.3 Å². The molecule has 1 heteroatoms. The molecule has 1 aliphatic carbocycles. The van der Waals surface area contributed by atoms with Gasteiger partial charge in [0.15, 0.2) is 0 Å². The van der Waals surface area contributed by atoms with Crippen LogP contribution >= 0.6 is 0 Å². The molecule has 2 aromatic rings. The first-order chi connectivity index (χ1) is 6.43. The van der Waals surface area contributed by atoms with Crippen molar-refractivity contribution in [2.24, 2.45) is 0 Å². The third kappa shape index (κ3) is 1.21. The quantitative estimate of drug-likeness (QED) is 0.638. The van der Waals surface area contributed by atoms with E-state index in [1.165, 1.54) is 17.5 Å². The highest BCUT2D eigenvalue weighted by atomic mass is 14.7. The number of pyridine rings is 1. The van der Waals surface area contributed by atoms with Crippen molar-refractivity contribution in [3.8, 4) is 0 Å². The molecule has 1 nitrogen and oxygen atoms in total. The second kappa shape index (κ2) is 2.56. The van der Waals surface area contributed by atoms with E-state index in [0.717, 1.165) is 5.52 Å². The van der Waals surface area contributed by atoms with Crippen molar-refractivity contribution < 1.29 is 0 Å². The number of fused-ring (bicyclic) bond motifs is 1. The predicted molar refractivity (Wildman–Crippen MR) is 53.4 cm³/mol. The second-order valence-electron chi connectivity index (χ2n) is 3.51. The molecule has 1 heterocycles. The van der Waals surface area contributed by atoms with Gasteiger partial charge in [-0.2, -0.15) is 0 Å². The van der Waals surface area contributed by atoms with E-state index in [9.17, 15) is 0 Å². The molecule has 1 radical (unpaired) electrons. The highest BCUT2D eigenvalue weighted by Gasteiger charge is 2.25. The summed E-state index contributed by atoms with van der Waals surface area (Å²) in [6.07, 6.45) is 3.49. The van der Waals surface area contributed by atoms with Gasteiger partial charge in [-0.25, -0.2) is 0 Å². The number of nitrogens with zero attached hydrogens (tertiary/aromatic N) is 1. The second-order valence-corrected chi connectivity index (χ2v) is 3.51. The molecule has 1 aromatic heterocycles. The lowest BCUT2D eigenvalue weighted by Crippen LogP contribution is -1.86. The van der Waals surface area contributed by atoms with Crippen LogP contribution in [0.5, 0.6) is 0 Å². The first-order valence-corrected chi connectivity index (χ1v) is 4.62. The Bertz CT molecular complexity index is 444. The number of benzene rings is 1. The van der Waals surface area contributed by atoms with E-state index >= 15 is 0 Å². The van der Waals surface area contributed by atoms with Crippen molar-refractivity contribution in [3.05, 3.63) is 48.5 Å². The highest BCUT2D eigenvalue weighted by Crippen LogP contribution is 2.37. The fraction of sp³-hybridized carbons (Fsp3) is 0.167. The van der Waals surface area contributed by atoms with Gasteiger partial charge in [-0.3, -0.25) is 4.98 Å². The van der Waals surface area contributed by atoms with Crippen molar-refractivity contribution in [2.75, 3.05) is 0 Å². The number of para-hydroxylation sites is 1. The maximum Gasteiger partial charge on any atom is 0.0705 e. The minimum Gasteiger partial charge on any atom is -0.253 e. The fourth-order valence-electron chi connectivity index (χ4n) is 1.60. The summed E-state index contributed by atoms with van der Waals surface area (Å²) in [5, 5.41) is 1.23. The van der Waals surface area contributed by atoms with Gasteiger partial charge in [-0.05, 0) is 25.0 Å². The van der Waals surface area contributed by atoms with Crippen LogP contribution in [-0.4, -0.2) is 4.98 Å². The van der Waals surface area contributed by atoms with E-state index < -0.39 is 0 Å². The van der Waals surface area contributed by atoms with E-state index in [2.05, 4.69) is 35.7 Å². The normalized spacial score (nSPS) is 16.3. The summed E-state index contributed by atoms with van der Waals surface area (Å²) in [6.45, 7) is 0. The summed E-state index contributed by atoms with van der Waals surface area (Å²) in [7, 11) is 0. The standard InChI is InChI=1S/C12H10N/c1-2-4-11-9(3-1)7-8-12(13-11)10-5-6-10/h1-5,7-8,10H,6H2. The van der Waals surface area contributed by atoms with E-state index in [1.54, 1.807) is 0 Å². The Morgan fingerprint density at radius 2 is 1.92 bits per heavy atom. The largest absolute Gasteiger partial charge is 0.253 e. The lowest BCUT2D eigenvalue weighted by Gasteiger charge is -1.99. The molecule has 0 N–H and O–H groups in total. The van der Waals surface area contributed by atoms with Crippen molar-refractivity contribution >= 4 is 10.9 Å². The molecule has 63 valence electrons. The first kappa shape index (κ1) is 7.07. The Labute approximate surface area is 77.4 Å². The van der Waals surface area contributed by atoms with Gasteiger partial charge in [0, 0.05) is 17.0 Å². The van der Waals surface area contributed by atoms with Gasteiger partial charge >= 0.3 is 0 Å². The minimum absolute atomic E-state index is 0.629. The van der Waals surface area contributed by atoms with Gasteiger partial charge in [0.1, 0.15) is 0 Å². The van der Waals surface area contributed by atoms with Gasteiger partial charge in [-0.15, -0.1) is 0 Å². The Hall–Kier alpha value is -1.37. The molecule has 1 fully saturated rings. The zero-order valence-corrected chi connectivity index (χ0v) is 7.27. The van der Waals surface area contributed by atoms with Crippen LogP contribution in [0.15, 0.2) is 36.4 Å². The summed E-state index contributed by atoms with van der Waals surface area (Å²) < 4.78 is 0. The lowest BCUT2D eigenvalue weighted by molar-refractivity contribution is 1.07.